The maximum atomic E-state index is 2.95. The van der Waals surface area contributed by atoms with Gasteiger partial charge in [-0.1, -0.05) is 0 Å². The van der Waals surface area contributed by atoms with E-state index in [1.807, 2.05) is 0 Å². The summed E-state index contributed by atoms with van der Waals surface area (Å²) in [6, 6.07) is 0. The molecule has 0 N–H and O–H groups in total. The van der Waals surface area contributed by atoms with Crippen molar-refractivity contribution in [3.05, 3.63) is 0 Å². The third-order valence-corrected chi connectivity index (χ3v) is 59.6. The molecule has 17 heavy (non-hydrogen) atoms. The fourth-order valence-corrected chi connectivity index (χ4v) is 93.1. The molecule has 0 radical (unpaired) electrons. The van der Waals surface area contributed by atoms with Gasteiger partial charge in [0.2, 0.25) is 0 Å². The van der Waals surface area contributed by atoms with Gasteiger partial charge >= 0.3 is 91.5 Å². The molecule has 0 aromatic carbocycles. The van der Waals surface area contributed by atoms with Crippen molar-refractivity contribution in [3.63, 3.8) is 0 Å². The van der Waals surface area contributed by atoms with E-state index in [4.69, 9.17) is 0 Å². The molecule has 4 unspecified atom stereocenters. The Morgan fingerprint density at radius 2 is 1.35 bits per heavy atom. The Morgan fingerprint density at radius 3 is 1.71 bits per heavy atom. The molecule has 11 aliphatic rings. The first kappa shape index (κ1) is 6.29. The quantitative estimate of drug-likeness (QED) is 0.688. The van der Waals surface area contributed by atoms with Gasteiger partial charge in [-0.15, -0.1) is 0 Å². The van der Waals surface area contributed by atoms with E-state index >= 15 is 0 Å². The first-order valence-electron chi connectivity index (χ1n) is 8.06. The van der Waals surface area contributed by atoms with E-state index in [1.165, 1.54) is 39.9 Å². The normalized spacial score (nSPS) is 125. The van der Waals surface area contributed by atoms with E-state index in [9.17, 15) is 0 Å². The Balaban J connectivity index is 1.42. The summed E-state index contributed by atoms with van der Waals surface area (Å²) in [4.78, 5) is 16.8. The van der Waals surface area contributed by atoms with Crippen LogP contribution in [0.5, 0.6) is 0 Å². The summed E-state index contributed by atoms with van der Waals surface area (Å²) in [5, 5.41) is 0. The fourth-order valence-electron chi connectivity index (χ4n) is 18.4. The second-order valence-electron chi connectivity index (χ2n) is 11.8. The van der Waals surface area contributed by atoms with E-state index < -0.39 is 6.51 Å². The Bertz CT molecular complexity index is 874. The molecule has 0 aromatic heterocycles. The number of nitrogens with zero attached hydrogens (tertiary/aromatic N) is 1. The third kappa shape index (κ3) is 0.0680. The fraction of sp³-hybridized carbons (Fsp3) is 1.00. The van der Waals surface area contributed by atoms with E-state index in [1.54, 1.807) is 40.3 Å². The van der Waals surface area contributed by atoms with Crippen molar-refractivity contribution in [1.29, 1.82) is 0 Å². The molecule has 11 fully saturated rings. The number of hydrogen-bond donors (Lipinski definition) is 0. The molecule has 92 valence electrons. The molecule has 2 heteroatoms. The first-order valence-corrected chi connectivity index (χ1v) is 14.3. The number of fused-ring (bicyclic) bond motifs is 10. The van der Waals surface area contributed by atoms with Crippen molar-refractivity contribution >= 4 is 0 Å². The van der Waals surface area contributed by atoms with Crippen LogP contribution in [0.15, 0.2) is 0 Å². The van der Waals surface area contributed by atoms with Crippen LogP contribution in [0.2, 0.25) is 47.7 Å². The zero-order valence-electron chi connectivity index (χ0n) is 10.0. The van der Waals surface area contributed by atoms with E-state index in [2.05, 4.69) is 4.90 Å². The average molecular weight is 269 g/mol. The van der Waals surface area contributed by atoms with Gasteiger partial charge in [-0.05, 0) is 0 Å². The van der Waals surface area contributed by atoms with Crippen molar-refractivity contribution in [3.8, 4) is 0 Å². The van der Waals surface area contributed by atoms with Crippen molar-refractivity contribution in [1.82, 2.24) is 4.90 Å². The van der Waals surface area contributed by atoms with E-state index in [-0.39, 0.29) is 0 Å². The molecule has 11 heterocycles. The van der Waals surface area contributed by atoms with Gasteiger partial charge in [-0.3, -0.25) is 0 Å². The summed E-state index contributed by atoms with van der Waals surface area (Å²) in [7, 11) is 0. The van der Waals surface area contributed by atoms with Gasteiger partial charge in [0, 0.05) is 0 Å². The SMILES string of the molecule is C1CCN(C[C]23[CH]4[CH]5[CH]6[CH]2[Fe]56432789[CH]3[CH]2[CH]7[CH]8[CH]39)C1. The van der Waals surface area contributed by atoms with E-state index in [0.717, 1.165) is 0 Å². The van der Waals surface area contributed by atoms with Gasteiger partial charge < -0.3 is 0 Å². The number of rotatable bonds is 2. The molecule has 1 nitrogen and oxygen atoms in total. The molecule has 0 saturated carbocycles. The van der Waals surface area contributed by atoms with E-state index in [0.29, 0.717) is 0 Å². The number of likely N-dealkylation sites (tertiary alicyclic amines) is 1. The number of hydrogen-bond acceptors (Lipinski definition) is 1. The summed E-state index contributed by atoms with van der Waals surface area (Å²) in [5.41, 5.74) is 0. The molecule has 11 aliphatic heterocycles. The van der Waals surface area contributed by atoms with Crippen LogP contribution in [0.3, 0.4) is 0 Å². The molecule has 11 rings (SSSR count). The predicted octanol–water partition coefficient (Wildman–Crippen LogP) is 3.84. The van der Waals surface area contributed by atoms with Crippen molar-refractivity contribution in [2.45, 2.75) is 60.5 Å². The van der Waals surface area contributed by atoms with Crippen LogP contribution in [-0.2, 0) is 6.51 Å². The summed E-state index contributed by atoms with van der Waals surface area (Å²) in [5.74, 6) is 0. The van der Waals surface area contributed by atoms with Crippen LogP contribution < -0.4 is 0 Å². The second kappa shape index (κ2) is 0.528. The second-order valence-corrected chi connectivity index (χ2v) is 35.5. The molecule has 0 aromatic rings. The van der Waals surface area contributed by atoms with Crippen LogP contribution in [-0.4, -0.2) is 24.5 Å². The standard InChI is InChI=1S/C10H14N.C5H5.Fe/c1-2-6-10(5-1)9-11-7-3-4-8-11;1-2-4-5-3-1;/h1-2,5-6H,3-4,7-9H2;1-5H;. The monoisotopic (exact) mass is 269 g/mol. The molecule has 11 saturated heterocycles. The van der Waals surface area contributed by atoms with Crippen molar-refractivity contribution in [2.24, 2.45) is 0 Å². The maximum absolute atomic E-state index is 2.95. The van der Waals surface area contributed by atoms with Crippen LogP contribution in [0.25, 0.3) is 0 Å². The van der Waals surface area contributed by atoms with Crippen LogP contribution >= 0.6 is 0 Å². The van der Waals surface area contributed by atoms with Crippen molar-refractivity contribution < 1.29 is 6.51 Å². The first-order chi connectivity index (χ1) is 8.12. The Kier molecular flexibility index (Phi) is 0.195. The topological polar surface area (TPSA) is 3.24 Å². The summed E-state index contributed by atoms with van der Waals surface area (Å²) < 4.78 is 1.18. The Labute approximate surface area is 91.6 Å². The third-order valence-electron chi connectivity index (χ3n) is 16.6. The van der Waals surface area contributed by atoms with Gasteiger partial charge in [0.15, 0.2) is 0 Å². The molecule has 0 bridgehead atoms. The summed E-state index contributed by atoms with van der Waals surface area (Å²) in [6.07, 6.45) is 3.04. The summed E-state index contributed by atoms with van der Waals surface area (Å²) in [6.45, 7) is 1.98. The molecule has 0 amide bonds. The molecule has 0 aliphatic carbocycles. The van der Waals surface area contributed by atoms with Crippen molar-refractivity contribution in [2.75, 3.05) is 19.6 Å². The Hall–Kier alpha value is 0.479. The van der Waals surface area contributed by atoms with Crippen LogP contribution in [0.1, 0.15) is 12.8 Å². The minimum absolute atomic E-state index is 1.18. The zero-order valence-corrected chi connectivity index (χ0v) is 11.1. The molecular formula is C15H19FeN. The van der Waals surface area contributed by atoms with Gasteiger partial charge in [0.05, 0.1) is 0 Å². The van der Waals surface area contributed by atoms with Crippen LogP contribution in [0.4, 0.5) is 0 Å². The average Bonchev–Trinajstić information content (AvgIpc) is 3.25. The van der Waals surface area contributed by atoms with Crippen LogP contribution in [0, 0.1) is 0 Å². The van der Waals surface area contributed by atoms with Gasteiger partial charge in [-0.2, -0.15) is 0 Å². The minimum atomic E-state index is -2.66. The summed E-state index contributed by atoms with van der Waals surface area (Å²) >= 11 is 0. The molecule has 4 atom stereocenters. The van der Waals surface area contributed by atoms with Gasteiger partial charge in [0.25, 0.3) is 0 Å². The molecular weight excluding hydrogens is 250 g/mol. The molecule has 1 spiro atoms. The van der Waals surface area contributed by atoms with Gasteiger partial charge in [0.1, 0.15) is 0 Å². The zero-order chi connectivity index (χ0) is 10.1. The Morgan fingerprint density at radius 1 is 0.824 bits per heavy atom. The van der Waals surface area contributed by atoms with Gasteiger partial charge in [-0.25, -0.2) is 0 Å². The predicted molar refractivity (Wildman–Crippen MR) is 62.1 cm³/mol.